The van der Waals surface area contributed by atoms with E-state index in [2.05, 4.69) is 29.8 Å². The molecule has 2 fully saturated rings. The van der Waals surface area contributed by atoms with Crippen LogP contribution in [0.5, 0.6) is 0 Å². The van der Waals surface area contributed by atoms with Gasteiger partial charge in [-0.15, -0.1) is 23.2 Å². The lowest BCUT2D eigenvalue weighted by atomic mass is 9.87. The average molecular weight is 898 g/mol. The summed E-state index contributed by atoms with van der Waals surface area (Å²) in [5.74, 6) is 1.40. The molecule has 7 N–H and O–H groups in total. The third kappa shape index (κ3) is 25.0. The van der Waals surface area contributed by atoms with Crippen LogP contribution in [-0.4, -0.2) is 123 Å². The second kappa shape index (κ2) is 30.9. The lowest BCUT2D eigenvalue weighted by Gasteiger charge is -2.28. The summed E-state index contributed by atoms with van der Waals surface area (Å²) in [7, 11) is 0. The first-order valence-corrected chi connectivity index (χ1v) is 22.8. The Balaban J connectivity index is 0.000000357. The highest BCUT2D eigenvalue weighted by Crippen LogP contribution is 2.23. The maximum atomic E-state index is 12.4. The summed E-state index contributed by atoms with van der Waals surface area (Å²) in [6.07, 6.45) is 6.61. The van der Waals surface area contributed by atoms with Gasteiger partial charge < -0.3 is 55.6 Å². The van der Waals surface area contributed by atoms with Crippen molar-refractivity contribution in [1.82, 2.24) is 16.0 Å². The number of halogens is 2. The number of aliphatic hydroxyl groups is 2. The molecule has 0 aliphatic carbocycles. The van der Waals surface area contributed by atoms with Crippen LogP contribution in [0.3, 0.4) is 0 Å². The normalized spacial score (nSPS) is 18.2. The maximum absolute atomic E-state index is 12.4. The van der Waals surface area contributed by atoms with Crippen molar-refractivity contribution < 1.29 is 43.5 Å². The zero-order valence-corrected chi connectivity index (χ0v) is 38.3. The number of carbonyl (C=O) groups excluding carboxylic acids is 3. The Morgan fingerprint density at radius 2 is 1.23 bits per heavy atom. The minimum absolute atomic E-state index is 0.0737. The van der Waals surface area contributed by atoms with Crippen LogP contribution in [0.15, 0.2) is 60.7 Å². The van der Waals surface area contributed by atoms with E-state index in [4.69, 9.17) is 47.9 Å². The van der Waals surface area contributed by atoms with Gasteiger partial charge in [0.1, 0.15) is 18.5 Å². The summed E-state index contributed by atoms with van der Waals surface area (Å²) >= 11 is 11.3. The number of ether oxygens (including phenoxy) is 4. The van der Waals surface area contributed by atoms with Crippen molar-refractivity contribution in [2.45, 2.75) is 128 Å². The topological polar surface area (TPSA) is 191 Å². The number of amides is 2. The summed E-state index contributed by atoms with van der Waals surface area (Å²) < 4.78 is 21.1. The largest absolute Gasteiger partial charge is 0.444 e. The van der Waals surface area contributed by atoms with Gasteiger partial charge in [-0.2, -0.15) is 0 Å². The van der Waals surface area contributed by atoms with E-state index < -0.39 is 36.5 Å². The zero-order chi connectivity index (χ0) is 44.9. The van der Waals surface area contributed by atoms with Crippen LogP contribution in [-0.2, 0) is 36.6 Å². The van der Waals surface area contributed by atoms with Crippen molar-refractivity contribution in [3.63, 3.8) is 0 Å². The number of aliphatic hydroxyl groups excluding tert-OH is 2. The first kappa shape index (κ1) is 54.1. The Morgan fingerprint density at radius 3 is 1.64 bits per heavy atom. The molecule has 6 atom stereocenters. The molecule has 61 heavy (non-hydrogen) atoms. The Labute approximate surface area is 374 Å². The van der Waals surface area contributed by atoms with Crippen LogP contribution >= 0.6 is 23.2 Å². The summed E-state index contributed by atoms with van der Waals surface area (Å²) in [6, 6.07) is 18.5. The van der Waals surface area contributed by atoms with Crippen LogP contribution in [0.4, 0.5) is 9.59 Å². The standard InChI is InChI=1S/C23H37ClN2O4.C15H22N2O4.C8H15ClO/c1-23(2,11-6-7-12-24)17-25-15-21(27)20(14-18-8-4-3-5-9-18)26-22(28)30-19-10-13-29-16-19;16-9-14(18)13(8-11-4-2-1-3-5-11)17-15(19)21-12-6-7-20-10-12;1-8(2,7-10)5-3-4-6-9/h3-5,8-9,19-21,25,27H,6-7,10-17H2,1-2H3,(H,26,28);1-5,12-14,18H,6-10,16H2,(H,17,19);7H,3-6H2,1-2H3/t19?,20-,21?;12?,13-,14?;/m00./s1. The van der Waals surface area contributed by atoms with Crippen LogP contribution < -0.4 is 21.7 Å². The van der Waals surface area contributed by atoms with E-state index >= 15 is 0 Å². The van der Waals surface area contributed by atoms with Gasteiger partial charge in [0, 0.05) is 49.7 Å². The number of benzene rings is 2. The highest BCUT2D eigenvalue weighted by atomic mass is 35.5. The van der Waals surface area contributed by atoms with Gasteiger partial charge in [-0.05, 0) is 55.1 Å². The SMILES string of the molecule is CC(C)(C=O)CCCCCl.CC(C)(CCCCCl)CNCC(O)[C@H](Cc1ccccc1)NC(=O)OC1CCOC1.NCC(O)[C@H](Cc1ccccc1)NC(=O)OC1CCOC1. The van der Waals surface area contributed by atoms with E-state index in [1.165, 1.54) is 0 Å². The van der Waals surface area contributed by atoms with Gasteiger partial charge >= 0.3 is 12.2 Å². The van der Waals surface area contributed by atoms with Crippen molar-refractivity contribution in [3.05, 3.63) is 71.8 Å². The number of alkyl carbamates (subject to hydrolysis) is 2. The Kier molecular flexibility index (Phi) is 27.5. The lowest BCUT2D eigenvalue weighted by molar-refractivity contribution is -0.115. The highest BCUT2D eigenvalue weighted by molar-refractivity contribution is 6.18. The number of alkyl halides is 2. The minimum Gasteiger partial charge on any atom is -0.444 e. The molecule has 4 rings (SSSR count). The van der Waals surface area contributed by atoms with E-state index in [1.807, 2.05) is 74.5 Å². The smallest absolute Gasteiger partial charge is 0.407 e. The molecule has 2 amide bonds. The van der Waals surface area contributed by atoms with Gasteiger partial charge in [0.05, 0.1) is 50.7 Å². The van der Waals surface area contributed by atoms with Gasteiger partial charge in [0.15, 0.2) is 0 Å². The molecule has 0 spiro atoms. The van der Waals surface area contributed by atoms with E-state index in [0.29, 0.717) is 70.4 Å². The lowest BCUT2D eigenvalue weighted by Crippen LogP contribution is -2.50. The third-order valence-corrected chi connectivity index (χ3v) is 10.9. The Hall–Kier alpha value is -3.01. The van der Waals surface area contributed by atoms with Gasteiger partial charge in [0.2, 0.25) is 0 Å². The fourth-order valence-electron chi connectivity index (χ4n) is 6.57. The average Bonchev–Trinajstić information content (AvgIpc) is 3.96. The van der Waals surface area contributed by atoms with E-state index in [1.54, 1.807) is 0 Å². The molecule has 2 heterocycles. The molecule has 2 aromatic carbocycles. The predicted molar refractivity (Wildman–Crippen MR) is 242 cm³/mol. The molecule has 0 bridgehead atoms. The Bertz CT molecular complexity index is 1450. The minimum atomic E-state index is -0.822. The maximum Gasteiger partial charge on any atom is 0.407 e. The van der Waals surface area contributed by atoms with Crippen molar-refractivity contribution in [3.8, 4) is 0 Å². The number of hydrogen-bond acceptors (Lipinski definition) is 11. The fourth-order valence-corrected chi connectivity index (χ4v) is 6.95. The van der Waals surface area contributed by atoms with Crippen LogP contribution in [0, 0.1) is 10.8 Å². The third-order valence-electron chi connectivity index (χ3n) is 10.4. The molecule has 0 aromatic heterocycles. The Morgan fingerprint density at radius 1 is 0.770 bits per heavy atom. The van der Waals surface area contributed by atoms with Gasteiger partial charge in [-0.1, -0.05) is 101 Å². The van der Waals surface area contributed by atoms with Crippen LogP contribution in [0.25, 0.3) is 0 Å². The molecule has 2 aromatic rings. The van der Waals surface area contributed by atoms with Crippen molar-refractivity contribution in [2.24, 2.45) is 16.6 Å². The number of carbonyl (C=O) groups is 3. The number of unbranched alkanes of at least 4 members (excludes halogenated alkanes) is 2. The predicted octanol–water partition coefficient (Wildman–Crippen LogP) is 6.55. The zero-order valence-electron chi connectivity index (χ0n) is 36.8. The van der Waals surface area contributed by atoms with E-state index in [-0.39, 0.29) is 29.6 Å². The number of nitrogens with two attached hydrogens (primary N) is 1. The fraction of sp³-hybridized carbons (Fsp3) is 0.674. The second-order valence-corrected chi connectivity index (χ2v) is 18.0. The first-order chi connectivity index (χ1) is 29.2. The molecule has 4 unspecified atom stereocenters. The van der Waals surface area contributed by atoms with Crippen LogP contribution in [0.2, 0.25) is 0 Å². The molecule has 0 radical (unpaired) electrons. The second-order valence-electron chi connectivity index (χ2n) is 17.2. The van der Waals surface area contributed by atoms with Crippen molar-refractivity contribution >= 4 is 41.7 Å². The van der Waals surface area contributed by atoms with Crippen LogP contribution in [0.1, 0.15) is 90.2 Å². The molecule has 0 saturated carbocycles. The van der Waals surface area contributed by atoms with E-state index in [9.17, 15) is 24.6 Å². The first-order valence-electron chi connectivity index (χ1n) is 21.7. The van der Waals surface area contributed by atoms with Gasteiger partial charge in [0.25, 0.3) is 0 Å². The monoisotopic (exact) mass is 896 g/mol. The molecular weight excluding hydrogens is 823 g/mol. The summed E-state index contributed by atoms with van der Waals surface area (Å²) in [4.78, 5) is 34.6. The molecule has 2 aliphatic rings. The van der Waals surface area contributed by atoms with E-state index in [0.717, 1.165) is 62.5 Å². The molecule has 2 saturated heterocycles. The highest BCUT2D eigenvalue weighted by Gasteiger charge is 2.27. The molecular formula is C46H74Cl2N4O9. The number of rotatable bonds is 24. The summed E-state index contributed by atoms with van der Waals surface area (Å²) in [6.45, 7) is 11.7. The molecule has 15 heteroatoms. The molecule has 346 valence electrons. The van der Waals surface area contributed by atoms with Gasteiger partial charge in [-0.3, -0.25) is 0 Å². The number of hydrogen-bond donors (Lipinski definition) is 6. The molecule has 13 nitrogen and oxygen atoms in total. The van der Waals surface area contributed by atoms with Crippen molar-refractivity contribution in [1.29, 1.82) is 0 Å². The number of aldehydes is 1. The summed E-state index contributed by atoms with van der Waals surface area (Å²) in [5, 5.41) is 29.7. The quantitative estimate of drug-likeness (QED) is 0.0381. The van der Waals surface area contributed by atoms with Gasteiger partial charge in [-0.25, -0.2) is 9.59 Å². The number of nitrogens with one attached hydrogen (secondary N) is 3. The van der Waals surface area contributed by atoms with Crippen molar-refractivity contribution in [2.75, 3.05) is 57.8 Å². The summed E-state index contributed by atoms with van der Waals surface area (Å²) in [5.41, 5.74) is 7.54. The molecule has 2 aliphatic heterocycles.